The van der Waals surface area contributed by atoms with Crippen molar-refractivity contribution in [3.05, 3.63) is 18.5 Å². The summed E-state index contributed by atoms with van der Waals surface area (Å²) in [6, 6.07) is 1.78. The molecule has 2 aromatic heterocycles. The van der Waals surface area contributed by atoms with E-state index in [0.717, 1.165) is 0 Å². The molecular formula is C10H15N7O. The Bertz CT molecular complexity index is 497. The molecule has 0 amide bonds. The van der Waals surface area contributed by atoms with Gasteiger partial charge in [-0.2, -0.15) is 20.1 Å². The number of rotatable bonds is 5. The maximum Gasteiger partial charge on any atom is 0.257 e. The molecular weight excluding hydrogens is 234 g/mol. The molecule has 0 aromatic carbocycles. The zero-order chi connectivity index (χ0) is 13.0. The average molecular weight is 249 g/mol. The van der Waals surface area contributed by atoms with E-state index in [-0.39, 0.29) is 0 Å². The summed E-state index contributed by atoms with van der Waals surface area (Å²) < 4.78 is 1.54. The third kappa shape index (κ3) is 2.92. The number of nitrogens with zero attached hydrogens (tertiary/aromatic N) is 5. The zero-order valence-electron chi connectivity index (χ0n) is 10.2. The first-order valence-corrected chi connectivity index (χ1v) is 5.55. The van der Waals surface area contributed by atoms with Crippen molar-refractivity contribution in [1.82, 2.24) is 24.7 Å². The molecule has 1 atom stereocenters. The molecule has 2 heterocycles. The molecule has 0 aliphatic rings. The molecule has 2 rings (SSSR count). The molecule has 0 spiro atoms. The van der Waals surface area contributed by atoms with Crippen LogP contribution in [0.1, 0.15) is 6.92 Å². The highest BCUT2D eigenvalue weighted by molar-refractivity contribution is 5.37. The summed E-state index contributed by atoms with van der Waals surface area (Å²) in [5, 5.41) is 19.1. The van der Waals surface area contributed by atoms with E-state index in [2.05, 4.69) is 30.7 Å². The van der Waals surface area contributed by atoms with Gasteiger partial charge in [-0.15, -0.1) is 0 Å². The van der Waals surface area contributed by atoms with Gasteiger partial charge in [-0.1, -0.05) is 0 Å². The summed E-state index contributed by atoms with van der Waals surface area (Å²) >= 11 is 0. The summed E-state index contributed by atoms with van der Waals surface area (Å²) in [6.45, 7) is 2.05. The molecule has 0 fully saturated rings. The van der Waals surface area contributed by atoms with E-state index in [1.807, 2.05) is 0 Å². The quantitative estimate of drug-likeness (QED) is 0.679. The Balaban J connectivity index is 2.27. The minimum absolute atomic E-state index is 0.367. The molecule has 0 bridgehead atoms. The van der Waals surface area contributed by atoms with E-state index < -0.39 is 6.10 Å². The van der Waals surface area contributed by atoms with Gasteiger partial charge < -0.3 is 15.7 Å². The molecule has 1 unspecified atom stereocenters. The standard InChI is InChI=1S/C10H15N7O/c1-7(18)6-12-9-14-8(11-2)15-10(16-9)17-5-3-4-13-17/h3-5,7,18H,6H2,1-2H3,(H2,11,12,14,15,16). The van der Waals surface area contributed by atoms with Crippen molar-refractivity contribution in [2.24, 2.45) is 0 Å². The van der Waals surface area contributed by atoms with E-state index >= 15 is 0 Å². The van der Waals surface area contributed by atoms with Gasteiger partial charge in [-0.25, -0.2) is 4.68 Å². The lowest BCUT2D eigenvalue weighted by Crippen LogP contribution is -2.18. The van der Waals surface area contributed by atoms with E-state index in [4.69, 9.17) is 0 Å². The summed E-state index contributed by atoms with van der Waals surface area (Å²) in [5.74, 6) is 1.23. The van der Waals surface area contributed by atoms with E-state index in [0.29, 0.717) is 24.4 Å². The molecule has 0 saturated carbocycles. The molecule has 0 aliphatic carbocycles. The largest absolute Gasteiger partial charge is 0.392 e. The fourth-order valence-corrected chi connectivity index (χ4v) is 1.28. The van der Waals surface area contributed by atoms with Crippen LogP contribution in [0.3, 0.4) is 0 Å². The van der Waals surface area contributed by atoms with E-state index in [1.165, 1.54) is 4.68 Å². The maximum atomic E-state index is 9.23. The fraction of sp³-hybridized carbons (Fsp3) is 0.400. The molecule has 3 N–H and O–H groups in total. The van der Waals surface area contributed by atoms with E-state index in [1.54, 1.807) is 32.4 Å². The minimum Gasteiger partial charge on any atom is -0.392 e. The lowest BCUT2D eigenvalue weighted by atomic mass is 10.4. The van der Waals surface area contributed by atoms with Gasteiger partial charge in [0.1, 0.15) is 0 Å². The Morgan fingerprint density at radius 1 is 1.33 bits per heavy atom. The highest BCUT2D eigenvalue weighted by atomic mass is 16.3. The summed E-state index contributed by atoms with van der Waals surface area (Å²) in [6.07, 6.45) is 2.91. The Morgan fingerprint density at radius 3 is 2.72 bits per heavy atom. The number of hydrogen-bond acceptors (Lipinski definition) is 7. The molecule has 0 radical (unpaired) electrons. The van der Waals surface area contributed by atoms with Crippen LogP contribution in [0.25, 0.3) is 5.95 Å². The van der Waals surface area contributed by atoms with Gasteiger partial charge in [0.25, 0.3) is 5.95 Å². The number of nitrogens with one attached hydrogen (secondary N) is 2. The summed E-state index contributed by atoms with van der Waals surface area (Å²) in [7, 11) is 1.72. The van der Waals surface area contributed by atoms with Gasteiger partial charge in [0, 0.05) is 26.0 Å². The Kier molecular flexibility index (Phi) is 3.68. The van der Waals surface area contributed by atoms with Crippen molar-refractivity contribution >= 4 is 11.9 Å². The Labute approximate surface area is 104 Å². The van der Waals surface area contributed by atoms with Crippen molar-refractivity contribution in [3.8, 4) is 5.95 Å². The highest BCUT2D eigenvalue weighted by Gasteiger charge is 2.07. The first-order valence-electron chi connectivity index (χ1n) is 5.55. The molecule has 0 saturated heterocycles. The average Bonchev–Trinajstić information content (AvgIpc) is 2.89. The normalized spacial score (nSPS) is 12.2. The van der Waals surface area contributed by atoms with Gasteiger partial charge >= 0.3 is 0 Å². The topological polar surface area (TPSA) is 101 Å². The van der Waals surface area contributed by atoms with Crippen molar-refractivity contribution in [3.63, 3.8) is 0 Å². The number of aliphatic hydroxyl groups is 1. The van der Waals surface area contributed by atoms with Crippen LogP contribution in [-0.4, -0.2) is 49.5 Å². The lowest BCUT2D eigenvalue weighted by molar-refractivity contribution is 0.208. The third-order valence-corrected chi connectivity index (χ3v) is 2.11. The second kappa shape index (κ2) is 5.41. The van der Waals surface area contributed by atoms with Crippen molar-refractivity contribution in [2.45, 2.75) is 13.0 Å². The molecule has 96 valence electrons. The van der Waals surface area contributed by atoms with Crippen molar-refractivity contribution in [1.29, 1.82) is 0 Å². The SMILES string of the molecule is CNc1nc(NCC(C)O)nc(-n2cccn2)n1. The Hall–Kier alpha value is -2.22. The number of hydrogen-bond donors (Lipinski definition) is 3. The predicted octanol–water partition coefficient (Wildman–Crippen LogP) is -0.108. The minimum atomic E-state index is -0.479. The molecule has 8 nitrogen and oxygen atoms in total. The first kappa shape index (κ1) is 12.2. The van der Waals surface area contributed by atoms with Gasteiger partial charge in [0.15, 0.2) is 0 Å². The van der Waals surface area contributed by atoms with Crippen LogP contribution in [0.4, 0.5) is 11.9 Å². The van der Waals surface area contributed by atoms with Crippen LogP contribution in [0, 0.1) is 0 Å². The van der Waals surface area contributed by atoms with E-state index in [9.17, 15) is 5.11 Å². The van der Waals surface area contributed by atoms with Crippen LogP contribution >= 0.6 is 0 Å². The third-order valence-electron chi connectivity index (χ3n) is 2.11. The highest BCUT2D eigenvalue weighted by Crippen LogP contribution is 2.08. The summed E-state index contributed by atoms with van der Waals surface area (Å²) in [5.41, 5.74) is 0. The monoisotopic (exact) mass is 249 g/mol. The van der Waals surface area contributed by atoms with Gasteiger partial charge in [0.05, 0.1) is 6.10 Å². The molecule has 2 aromatic rings. The smallest absolute Gasteiger partial charge is 0.257 e. The number of anilines is 2. The predicted molar refractivity (Wildman–Crippen MR) is 66.7 cm³/mol. The zero-order valence-corrected chi connectivity index (χ0v) is 10.2. The first-order chi connectivity index (χ1) is 8.69. The lowest BCUT2D eigenvalue weighted by Gasteiger charge is -2.09. The number of aromatic nitrogens is 5. The molecule has 0 aliphatic heterocycles. The van der Waals surface area contributed by atoms with Gasteiger partial charge in [0.2, 0.25) is 11.9 Å². The van der Waals surface area contributed by atoms with Crippen molar-refractivity contribution < 1.29 is 5.11 Å². The summed E-state index contributed by atoms with van der Waals surface area (Å²) in [4.78, 5) is 12.5. The molecule has 18 heavy (non-hydrogen) atoms. The van der Waals surface area contributed by atoms with Crippen LogP contribution in [-0.2, 0) is 0 Å². The van der Waals surface area contributed by atoms with Gasteiger partial charge in [-0.05, 0) is 13.0 Å². The van der Waals surface area contributed by atoms with Crippen molar-refractivity contribution in [2.75, 3.05) is 24.2 Å². The van der Waals surface area contributed by atoms with Crippen LogP contribution < -0.4 is 10.6 Å². The van der Waals surface area contributed by atoms with Gasteiger partial charge in [-0.3, -0.25) is 0 Å². The maximum absolute atomic E-state index is 9.23. The van der Waals surface area contributed by atoms with Crippen LogP contribution in [0.2, 0.25) is 0 Å². The Morgan fingerprint density at radius 2 is 2.11 bits per heavy atom. The van der Waals surface area contributed by atoms with Crippen LogP contribution in [0.5, 0.6) is 0 Å². The fourth-order valence-electron chi connectivity index (χ4n) is 1.28. The number of aliphatic hydroxyl groups excluding tert-OH is 1. The van der Waals surface area contributed by atoms with Crippen LogP contribution in [0.15, 0.2) is 18.5 Å². The second-order valence-electron chi connectivity index (χ2n) is 3.71. The molecule has 8 heteroatoms. The second-order valence-corrected chi connectivity index (χ2v) is 3.71.